The van der Waals surface area contributed by atoms with Crippen molar-refractivity contribution in [3.63, 3.8) is 0 Å². The Labute approximate surface area is 162 Å². The topological polar surface area (TPSA) is 99.2 Å². The van der Waals surface area contributed by atoms with Crippen LogP contribution in [0, 0.1) is 28.6 Å². The highest BCUT2D eigenvalue weighted by molar-refractivity contribution is 7.99. The molecule has 1 aliphatic heterocycles. The van der Waals surface area contributed by atoms with Crippen molar-refractivity contribution in [3.8, 4) is 29.0 Å². The zero-order chi connectivity index (χ0) is 19.1. The van der Waals surface area contributed by atoms with Crippen LogP contribution < -0.4 is 4.74 Å². The third kappa shape index (κ3) is 4.58. The molecule has 0 spiro atoms. The number of aliphatic hydroxyl groups excluding tert-OH is 1. The second kappa shape index (κ2) is 9.38. The first kappa shape index (κ1) is 19.2. The van der Waals surface area contributed by atoms with Gasteiger partial charge in [0.25, 0.3) is 0 Å². The molecule has 1 saturated heterocycles. The summed E-state index contributed by atoms with van der Waals surface area (Å²) < 4.78 is 10.8. The lowest BCUT2D eigenvalue weighted by molar-refractivity contribution is 0.189. The average Bonchev–Trinajstić information content (AvgIpc) is 3.24. The number of hydrogen-bond donors (Lipinski definition) is 1. The monoisotopic (exact) mass is 381 g/mol. The van der Waals surface area contributed by atoms with Crippen molar-refractivity contribution < 1.29 is 14.6 Å². The van der Waals surface area contributed by atoms with Gasteiger partial charge in [0.05, 0.1) is 24.3 Å². The van der Waals surface area contributed by atoms with Crippen molar-refractivity contribution in [2.75, 3.05) is 32.2 Å². The van der Waals surface area contributed by atoms with Crippen molar-refractivity contribution in [1.82, 2.24) is 4.98 Å². The molecule has 1 N–H and O–H groups in total. The first-order valence-corrected chi connectivity index (χ1v) is 9.63. The molecule has 2 aromatic rings. The summed E-state index contributed by atoms with van der Waals surface area (Å²) in [5.41, 5.74) is 2.13. The smallest absolute Gasteiger partial charge is 0.119 e. The van der Waals surface area contributed by atoms with Gasteiger partial charge in [0, 0.05) is 24.1 Å². The van der Waals surface area contributed by atoms with Crippen LogP contribution in [0.5, 0.6) is 5.75 Å². The van der Waals surface area contributed by atoms with E-state index in [9.17, 15) is 10.5 Å². The Morgan fingerprint density at radius 3 is 2.70 bits per heavy atom. The van der Waals surface area contributed by atoms with Gasteiger partial charge >= 0.3 is 0 Å². The number of nitrogens with zero attached hydrogens (tertiary/aromatic N) is 3. The zero-order valence-corrected chi connectivity index (χ0v) is 15.5. The number of benzene rings is 1. The number of pyridine rings is 1. The SMILES string of the molecule is N#Cc1cnc(SCC2CCOC2)c(C#N)c1-c1ccc(OCCO)cc1. The molecule has 1 aliphatic rings. The number of ether oxygens (including phenoxy) is 2. The van der Waals surface area contributed by atoms with Crippen LogP contribution >= 0.6 is 11.8 Å². The highest BCUT2D eigenvalue weighted by atomic mass is 32.2. The molecule has 138 valence electrons. The van der Waals surface area contributed by atoms with Crippen molar-refractivity contribution in [1.29, 1.82) is 10.5 Å². The highest BCUT2D eigenvalue weighted by Gasteiger charge is 2.20. The number of nitriles is 2. The van der Waals surface area contributed by atoms with Gasteiger partial charge in [0.1, 0.15) is 29.5 Å². The molecular formula is C20H19N3O3S. The number of rotatable bonds is 7. The molecule has 27 heavy (non-hydrogen) atoms. The minimum Gasteiger partial charge on any atom is -0.491 e. The molecule has 0 saturated carbocycles. The van der Waals surface area contributed by atoms with Gasteiger partial charge in [0.15, 0.2) is 0 Å². The molecule has 0 amide bonds. The summed E-state index contributed by atoms with van der Waals surface area (Å²) in [4.78, 5) is 4.35. The van der Waals surface area contributed by atoms with Gasteiger partial charge in [-0.05, 0) is 30.0 Å². The van der Waals surface area contributed by atoms with Crippen molar-refractivity contribution in [3.05, 3.63) is 41.6 Å². The van der Waals surface area contributed by atoms with E-state index in [0.29, 0.717) is 33.4 Å². The van der Waals surface area contributed by atoms with Crippen molar-refractivity contribution in [2.24, 2.45) is 5.92 Å². The summed E-state index contributed by atoms with van der Waals surface area (Å²) in [6, 6.07) is 11.5. The first-order valence-electron chi connectivity index (χ1n) is 8.64. The van der Waals surface area contributed by atoms with Crippen LogP contribution in [0.15, 0.2) is 35.5 Å². The summed E-state index contributed by atoms with van der Waals surface area (Å²) >= 11 is 1.54. The molecular weight excluding hydrogens is 362 g/mol. The Morgan fingerprint density at radius 2 is 2.07 bits per heavy atom. The molecule has 1 atom stereocenters. The molecule has 1 fully saturated rings. The van der Waals surface area contributed by atoms with E-state index < -0.39 is 0 Å². The Kier molecular flexibility index (Phi) is 6.67. The molecule has 1 aromatic carbocycles. The van der Waals surface area contributed by atoms with Crippen LogP contribution in [-0.2, 0) is 4.74 Å². The van der Waals surface area contributed by atoms with E-state index in [1.807, 2.05) is 12.1 Å². The summed E-state index contributed by atoms with van der Waals surface area (Å²) in [7, 11) is 0. The summed E-state index contributed by atoms with van der Waals surface area (Å²) in [6.07, 6.45) is 2.55. The third-order valence-corrected chi connectivity index (χ3v) is 5.48. The molecule has 3 rings (SSSR count). The molecule has 2 heterocycles. The van der Waals surface area contributed by atoms with E-state index in [1.165, 1.54) is 18.0 Å². The maximum Gasteiger partial charge on any atom is 0.119 e. The van der Waals surface area contributed by atoms with Crippen molar-refractivity contribution >= 4 is 11.8 Å². The van der Waals surface area contributed by atoms with Crippen LogP contribution in [0.2, 0.25) is 0 Å². The Balaban J connectivity index is 1.91. The van der Waals surface area contributed by atoms with E-state index >= 15 is 0 Å². The molecule has 7 heteroatoms. The second-order valence-electron chi connectivity index (χ2n) is 6.09. The van der Waals surface area contributed by atoms with Crippen molar-refractivity contribution in [2.45, 2.75) is 11.4 Å². The predicted octanol–water partition coefficient (Wildman–Crippen LogP) is 2.99. The van der Waals surface area contributed by atoms with Crippen LogP contribution in [0.4, 0.5) is 0 Å². The largest absolute Gasteiger partial charge is 0.491 e. The van der Waals surface area contributed by atoms with Gasteiger partial charge in [-0.3, -0.25) is 0 Å². The standard InChI is InChI=1S/C20H19N3O3S/c21-9-16-11-23-20(27-13-14-5-7-25-12-14)18(10-22)19(16)15-1-3-17(4-2-15)26-8-6-24/h1-4,11,14,24H,5-8,12-13H2. The van der Waals surface area contributed by atoms with Gasteiger partial charge in [-0.25, -0.2) is 4.98 Å². The van der Waals surface area contributed by atoms with Crippen LogP contribution in [0.3, 0.4) is 0 Å². The summed E-state index contributed by atoms with van der Waals surface area (Å²) in [6.45, 7) is 1.68. The van der Waals surface area contributed by atoms with E-state index in [1.54, 1.807) is 12.1 Å². The summed E-state index contributed by atoms with van der Waals surface area (Å²) in [5.74, 6) is 1.92. The van der Waals surface area contributed by atoms with E-state index in [4.69, 9.17) is 14.6 Å². The quantitative estimate of drug-likeness (QED) is 0.736. The number of aliphatic hydroxyl groups is 1. The fourth-order valence-corrected chi connectivity index (χ4v) is 3.96. The second-order valence-corrected chi connectivity index (χ2v) is 7.10. The number of thioether (sulfide) groups is 1. The molecule has 1 aromatic heterocycles. The predicted molar refractivity (Wildman–Crippen MR) is 101 cm³/mol. The van der Waals surface area contributed by atoms with Gasteiger partial charge in [-0.1, -0.05) is 12.1 Å². The fraction of sp³-hybridized carbons (Fsp3) is 0.350. The molecule has 6 nitrogen and oxygen atoms in total. The number of aromatic nitrogens is 1. The zero-order valence-electron chi connectivity index (χ0n) is 14.7. The fourth-order valence-electron chi connectivity index (χ4n) is 2.88. The average molecular weight is 381 g/mol. The normalized spacial score (nSPS) is 15.9. The molecule has 0 aliphatic carbocycles. The van der Waals surface area contributed by atoms with E-state index in [-0.39, 0.29) is 13.2 Å². The third-order valence-electron chi connectivity index (χ3n) is 4.26. The van der Waals surface area contributed by atoms with Gasteiger partial charge in [-0.15, -0.1) is 11.8 Å². The van der Waals surface area contributed by atoms with Gasteiger partial charge < -0.3 is 14.6 Å². The summed E-state index contributed by atoms with van der Waals surface area (Å²) in [5, 5.41) is 28.7. The molecule has 0 radical (unpaired) electrons. The highest BCUT2D eigenvalue weighted by Crippen LogP contribution is 2.34. The van der Waals surface area contributed by atoms with E-state index in [2.05, 4.69) is 17.1 Å². The first-order chi connectivity index (χ1) is 13.3. The van der Waals surface area contributed by atoms with Crippen LogP contribution in [0.25, 0.3) is 11.1 Å². The Bertz CT molecular complexity index is 866. The maximum atomic E-state index is 9.75. The van der Waals surface area contributed by atoms with Crippen LogP contribution in [-0.4, -0.2) is 42.3 Å². The minimum absolute atomic E-state index is 0.0596. The van der Waals surface area contributed by atoms with Crippen LogP contribution in [0.1, 0.15) is 17.5 Å². The number of hydrogen-bond acceptors (Lipinski definition) is 7. The van der Waals surface area contributed by atoms with E-state index in [0.717, 1.165) is 31.0 Å². The van der Waals surface area contributed by atoms with Gasteiger partial charge in [0.2, 0.25) is 0 Å². The lowest BCUT2D eigenvalue weighted by Gasteiger charge is -2.13. The lowest BCUT2D eigenvalue weighted by Crippen LogP contribution is -2.04. The minimum atomic E-state index is -0.0596. The Morgan fingerprint density at radius 1 is 1.26 bits per heavy atom. The maximum absolute atomic E-state index is 9.75. The lowest BCUT2D eigenvalue weighted by atomic mass is 9.97. The Hall–Kier alpha value is -2.58. The van der Waals surface area contributed by atoms with Gasteiger partial charge in [-0.2, -0.15) is 10.5 Å². The molecule has 0 bridgehead atoms. The molecule has 1 unspecified atom stereocenters.